The van der Waals surface area contributed by atoms with Crippen molar-refractivity contribution in [1.82, 2.24) is 20.2 Å². The highest BCUT2D eigenvalue weighted by Gasteiger charge is 2.19. The molecule has 1 aromatic heterocycles. The molecule has 0 saturated carbocycles. The van der Waals surface area contributed by atoms with Crippen molar-refractivity contribution in [3.8, 4) is 0 Å². The van der Waals surface area contributed by atoms with E-state index in [1.807, 2.05) is 4.90 Å². The summed E-state index contributed by atoms with van der Waals surface area (Å²) in [6, 6.07) is 7.65. The van der Waals surface area contributed by atoms with E-state index in [9.17, 15) is 9.18 Å². The number of carbonyl (C=O) groups excluding carboxylic acids is 1. The van der Waals surface area contributed by atoms with Gasteiger partial charge < -0.3 is 20.9 Å². The Morgan fingerprint density at radius 3 is 2.50 bits per heavy atom. The molecule has 1 aromatic carbocycles. The number of nitrogens with two attached hydrogens (primary N) is 1. The maximum atomic E-state index is 13.5. The number of guanidine groups is 1. The Kier molecular flexibility index (Phi) is 8.36. The molecule has 0 bridgehead atoms. The van der Waals surface area contributed by atoms with Crippen LogP contribution in [0.2, 0.25) is 0 Å². The fourth-order valence-electron chi connectivity index (χ4n) is 2.77. The van der Waals surface area contributed by atoms with Crippen molar-refractivity contribution in [3.63, 3.8) is 0 Å². The number of hydrogen-bond acceptors (Lipinski definition) is 5. The first kappa shape index (κ1) is 21.8. The second-order valence-electron chi connectivity index (χ2n) is 6.00. The number of rotatable bonds is 5. The zero-order valence-electron chi connectivity index (χ0n) is 15.3. The summed E-state index contributed by atoms with van der Waals surface area (Å²) in [7, 11) is 0. The van der Waals surface area contributed by atoms with E-state index in [2.05, 4.69) is 25.2 Å². The van der Waals surface area contributed by atoms with Gasteiger partial charge in [-0.3, -0.25) is 9.79 Å². The predicted molar refractivity (Wildman–Crippen MR) is 116 cm³/mol. The molecule has 10 heteroatoms. The normalized spacial score (nSPS) is 14.4. The van der Waals surface area contributed by atoms with Crippen LogP contribution in [0.5, 0.6) is 0 Å². The number of amides is 1. The highest BCUT2D eigenvalue weighted by atomic mass is 127. The Labute approximate surface area is 180 Å². The molecule has 2 heterocycles. The van der Waals surface area contributed by atoms with Gasteiger partial charge in [0.05, 0.1) is 12.1 Å². The highest BCUT2D eigenvalue weighted by molar-refractivity contribution is 14.0. The van der Waals surface area contributed by atoms with Crippen molar-refractivity contribution in [2.24, 2.45) is 10.7 Å². The second kappa shape index (κ2) is 10.7. The first-order valence-electron chi connectivity index (χ1n) is 8.74. The van der Waals surface area contributed by atoms with Gasteiger partial charge in [0.1, 0.15) is 5.82 Å². The molecule has 0 unspecified atom stereocenters. The summed E-state index contributed by atoms with van der Waals surface area (Å²) in [6.45, 7) is 3.55. The van der Waals surface area contributed by atoms with Crippen LogP contribution in [0.25, 0.3) is 0 Å². The molecule has 1 amide bonds. The summed E-state index contributed by atoms with van der Waals surface area (Å²) in [4.78, 5) is 28.8. The molecule has 1 fully saturated rings. The summed E-state index contributed by atoms with van der Waals surface area (Å²) >= 11 is 0. The molecule has 3 N–H and O–H groups in total. The average Bonchev–Trinajstić information content (AvgIpc) is 2.72. The molecule has 0 aliphatic carbocycles. The average molecular weight is 499 g/mol. The molecule has 1 saturated heterocycles. The zero-order chi connectivity index (χ0) is 19.1. The minimum absolute atomic E-state index is 0. The molecule has 2 aromatic rings. The summed E-state index contributed by atoms with van der Waals surface area (Å²) in [5, 5.41) is 2.64. The van der Waals surface area contributed by atoms with E-state index in [-0.39, 0.29) is 36.1 Å². The minimum Gasteiger partial charge on any atom is -0.370 e. The zero-order valence-corrected chi connectivity index (χ0v) is 17.6. The molecule has 150 valence electrons. The van der Waals surface area contributed by atoms with Crippen LogP contribution in [0.1, 0.15) is 10.4 Å². The van der Waals surface area contributed by atoms with E-state index in [0.717, 1.165) is 26.2 Å². The second-order valence-corrected chi connectivity index (χ2v) is 6.00. The van der Waals surface area contributed by atoms with Crippen molar-refractivity contribution in [2.75, 3.05) is 44.2 Å². The minimum atomic E-state index is -0.543. The lowest BCUT2D eigenvalue weighted by Crippen LogP contribution is -2.51. The fourth-order valence-corrected chi connectivity index (χ4v) is 2.77. The number of anilines is 1. The van der Waals surface area contributed by atoms with Gasteiger partial charge in [0.25, 0.3) is 5.91 Å². The lowest BCUT2D eigenvalue weighted by atomic mass is 10.2. The summed E-state index contributed by atoms with van der Waals surface area (Å²) in [5.74, 6) is 0.143. The lowest BCUT2D eigenvalue weighted by molar-refractivity contribution is 0.0950. The Balaban J connectivity index is 0.00000280. The summed E-state index contributed by atoms with van der Waals surface area (Å²) in [5.41, 5.74) is 6.06. The topological polar surface area (TPSA) is 99.7 Å². The van der Waals surface area contributed by atoms with Gasteiger partial charge in [-0.1, -0.05) is 12.1 Å². The van der Waals surface area contributed by atoms with Gasteiger partial charge in [-0.15, -0.1) is 24.0 Å². The summed E-state index contributed by atoms with van der Waals surface area (Å²) < 4.78 is 13.5. The van der Waals surface area contributed by atoms with Crippen molar-refractivity contribution in [3.05, 3.63) is 54.1 Å². The molecule has 0 atom stereocenters. The van der Waals surface area contributed by atoms with Crippen molar-refractivity contribution in [2.45, 2.75) is 0 Å². The first-order valence-corrected chi connectivity index (χ1v) is 8.74. The Morgan fingerprint density at radius 1 is 1.14 bits per heavy atom. The third kappa shape index (κ3) is 5.75. The van der Waals surface area contributed by atoms with Crippen LogP contribution in [-0.4, -0.2) is 66.0 Å². The van der Waals surface area contributed by atoms with E-state index < -0.39 is 11.7 Å². The Hall–Kier alpha value is -2.50. The number of aliphatic imine (C=N–C) groups is 1. The standard InChI is InChI=1S/C18H22FN7O.HI/c19-15-5-2-1-4-14(15)16(27)21-8-9-22-17(20)25-10-12-26(13-11-25)18-23-6-3-7-24-18;/h1-7H,8-13H2,(H2,20,22)(H,21,27);1H. The molecule has 0 spiro atoms. The van der Waals surface area contributed by atoms with Gasteiger partial charge in [0.2, 0.25) is 5.95 Å². The molecule has 28 heavy (non-hydrogen) atoms. The van der Waals surface area contributed by atoms with Crippen LogP contribution in [-0.2, 0) is 0 Å². The molecule has 8 nitrogen and oxygen atoms in total. The molecule has 3 rings (SSSR count). The van der Waals surface area contributed by atoms with Crippen molar-refractivity contribution >= 4 is 41.8 Å². The molecule has 1 aliphatic rings. The number of nitrogens with zero attached hydrogens (tertiary/aromatic N) is 5. The maximum Gasteiger partial charge on any atom is 0.254 e. The number of carbonyl (C=O) groups is 1. The SMILES string of the molecule is I.NC(=NCCNC(=O)c1ccccc1F)N1CCN(c2ncccn2)CC1. The lowest BCUT2D eigenvalue weighted by Gasteiger charge is -2.35. The number of benzene rings is 1. The van der Waals surface area contributed by atoms with Gasteiger partial charge >= 0.3 is 0 Å². The Bertz CT molecular complexity index is 798. The van der Waals surface area contributed by atoms with Crippen LogP contribution in [0.3, 0.4) is 0 Å². The third-order valence-electron chi connectivity index (χ3n) is 4.23. The first-order chi connectivity index (χ1) is 13.1. The smallest absolute Gasteiger partial charge is 0.254 e. The highest BCUT2D eigenvalue weighted by Crippen LogP contribution is 2.09. The van der Waals surface area contributed by atoms with Crippen LogP contribution >= 0.6 is 24.0 Å². The largest absolute Gasteiger partial charge is 0.370 e. The number of hydrogen-bond donors (Lipinski definition) is 2. The third-order valence-corrected chi connectivity index (χ3v) is 4.23. The van der Waals surface area contributed by atoms with Crippen LogP contribution in [0.15, 0.2) is 47.7 Å². The van der Waals surface area contributed by atoms with Gasteiger partial charge in [-0.05, 0) is 18.2 Å². The van der Waals surface area contributed by atoms with E-state index in [4.69, 9.17) is 5.73 Å². The van der Waals surface area contributed by atoms with E-state index in [0.29, 0.717) is 18.5 Å². The quantitative estimate of drug-likeness (QED) is 0.277. The Morgan fingerprint density at radius 2 is 1.82 bits per heavy atom. The van der Waals surface area contributed by atoms with E-state index in [1.165, 1.54) is 12.1 Å². The summed E-state index contributed by atoms with van der Waals surface area (Å²) in [6.07, 6.45) is 3.44. The molecule has 1 aliphatic heterocycles. The number of aromatic nitrogens is 2. The number of nitrogens with one attached hydrogen (secondary N) is 1. The maximum absolute atomic E-state index is 13.5. The van der Waals surface area contributed by atoms with Crippen LogP contribution in [0, 0.1) is 5.82 Å². The fraction of sp³-hybridized carbons (Fsp3) is 0.333. The van der Waals surface area contributed by atoms with Gasteiger partial charge in [-0.2, -0.15) is 0 Å². The van der Waals surface area contributed by atoms with Crippen LogP contribution in [0.4, 0.5) is 10.3 Å². The monoisotopic (exact) mass is 499 g/mol. The number of halogens is 2. The van der Waals surface area contributed by atoms with E-state index >= 15 is 0 Å². The van der Waals surface area contributed by atoms with Gasteiger partial charge in [0.15, 0.2) is 5.96 Å². The van der Waals surface area contributed by atoms with Crippen molar-refractivity contribution in [1.29, 1.82) is 0 Å². The van der Waals surface area contributed by atoms with E-state index in [1.54, 1.807) is 30.6 Å². The number of piperazine rings is 1. The molecular formula is C18H23FIN7O. The van der Waals surface area contributed by atoms with Crippen LogP contribution < -0.4 is 16.0 Å². The molecular weight excluding hydrogens is 476 g/mol. The van der Waals surface area contributed by atoms with Crippen molar-refractivity contribution < 1.29 is 9.18 Å². The van der Waals surface area contributed by atoms with Gasteiger partial charge in [-0.25, -0.2) is 14.4 Å². The predicted octanol–water partition coefficient (Wildman–Crippen LogP) is 1.10. The molecule has 0 radical (unpaired) electrons. The van der Waals surface area contributed by atoms with Gasteiger partial charge in [0, 0.05) is 45.1 Å².